The van der Waals surface area contributed by atoms with E-state index in [2.05, 4.69) is 88.8 Å². The van der Waals surface area contributed by atoms with Crippen LogP contribution in [0.2, 0.25) is 0 Å². The smallest absolute Gasteiger partial charge is 0.257 e. The van der Waals surface area contributed by atoms with Crippen LogP contribution in [0.3, 0.4) is 0 Å². The molecule has 5 nitrogen and oxygen atoms in total. The molecule has 1 aliphatic rings. The van der Waals surface area contributed by atoms with Gasteiger partial charge in [-0.15, -0.1) is 11.8 Å². The van der Waals surface area contributed by atoms with Gasteiger partial charge in [0.2, 0.25) is 0 Å². The third kappa shape index (κ3) is 6.66. The van der Waals surface area contributed by atoms with Crippen LogP contribution in [0, 0.1) is 0 Å². The second-order valence-electron chi connectivity index (χ2n) is 9.42. The summed E-state index contributed by atoms with van der Waals surface area (Å²) in [7, 11) is 0. The molecular formula is C31H31N3O2S. The third-order valence-corrected chi connectivity index (χ3v) is 7.99. The number of nitrogens with one attached hydrogen (secondary N) is 1. The number of para-hydroxylation sites is 1. The summed E-state index contributed by atoms with van der Waals surface area (Å²) in [6.45, 7) is 2.63. The Kier molecular flexibility index (Phi) is 8.31. The maximum absolute atomic E-state index is 11.8. The number of pyridine rings is 1. The Morgan fingerprint density at radius 3 is 2.59 bits per heavy atom. The molecule has 1 aromatic heterocycles. The first kappa shape index (κ1) is 25.2. The van der Waals surface area contributed by atoms with Crippen molar-refractivity contribution >= 4 is 33.5 Å². The molecule has 0 saturated carbocycles. The van der Waals surface area contributed by atoms with Crippen molar-refractivity contribution in [3.8, 4) is 0 Å². The van der Waals surface area contributed by atoms with Gasteiger partial charge in [-0.1, -0.05) is 72.8 Å². The van der Waals surface area contributed by atoms with Crippen LogP contribution < -0.4 is 5.48 Å². The van der Waals surface area contributed by atoms with Gasteiger partial charge in [-0.25, -0.2) is 5.48 Å². The summed E-state index contributed by atoms with van der Waals surface area (Å²) < 4.78 is 0. The molecule has 1 atom stereocenters. The van der Waals surface area contributed by atoms with Crippen molar-refractivity contribution in [2.45, 2.75) is 37.6 Å². The number of rotatable bonds is 10. The van der Waals surface area contributed by atoms with Gasteiger partial charge in [0.1, 0.15) is 0 Å². The fourth-order valence-electron chi connectivity index (χ4n) is 4.79. The minimum absolute atomic E-state index is 0.279. The van der Waals surface area contributed by atoms with Crippen LogP contribution >= 0.6 is 11.8 Å². The number of aromatic nitrogens is 1. The van der Waals surface area contributed by atoms with Gasteiger partial charge in [-0.2, -0.15) is 0 Å². The molecule has 1 aliphatic heterocycles. The number of carbonyl (C=O) groups excluding carboxylic acids is 1. The first-order valence-electron chi connectivity index (χ1n) is 12.7. The van der Waals surface area contributed by atoms with E-state index in [1.807, 2.05) is 18.3 Å². The van der Waals surface area contributed by atoms with E-state index in [4.69, 9.17) is 5.21 Å². The molecule has 3 aromatic carbocycles. The van der Waals surface area contributed by atoms with E-state index in [0.29, 0.717) is 6.42 Å². The number of benzene rings is 3. The topological polar surface area (TPSA) is 65.5 Å². The Bertz CT molecular complexity index is 1390. The molecule has 0 aliphatic carbocycles. The first-order valence-corrected chi connectivity index (χ1v) is 13.6. The zero-order chi connectivity index (χ0) is 25.5. The zero-order valence-corrected chi connectivity index (χ0v) is 21.5. The summed E-state index contributed by atoms with van der Waals surface area (Å²) in [5, 5.41) is 9.86. The fourth-order valence-corrected chi connectivity index (χ4v) is 5.90. The molecule has 0 fully saturated rings. The maximum atomic E-state index is 11.8. The van der Waals surface area contributed by atoms with Gasteiger partial charge in [0.25, 0.3) is 5.91 Å². The molecule has 0 saturated heterocycles. The predicted molar refractivity (Wildman–Crippen MR) is 151 cm³/mol. The largest absolute Gasteiger partial charge is 0.295 e. The molecule has 37 heavy (non-hydrogen) atoms. The molecule has 0 spiro atoms. The van der Waals surface area contributed by atoms with Crippen molar-refractivity contribution in [2.24, 2.45) is 0 Å². The van der Waals surface area contributed by atoms with Gasteiger partial charge < -0.3 is 0 Å². The normalized spacial score (nSPS) is 15.2. The minimum atomic E-state index is -0.346. The number of aryl methyl sites for hydroxylation is 1. The highest BCUT2D eigenvalue weighted by Gasteiger charge is 2.25. The van der Waals surface area contributed by atoms with Crippen LogP contribution in [0.4, 0.5) is 0 Å². The van der Waals surface area contributed by atoms with E-state index < -0.39 is 0 Å². The monoisotopic (exact) mass is 509 g/mol. The molecule has 4 aromatic rings. The summed E-state index contributed by atoms with van der Waals surface area (Å²) in [5.41, 5.74) is 7.73. The SMILES string of the molecule is O=C(NO)C1CC=C(c2cccc(CN(CCCc3ccccc3)Cc3cnc4ccccc4c3)c2)S1. The predicted octanol–water partition coefficient (Wildman–Crippen LogP) is 6.22. The van der Waals surface area contributed by atoms with E-state index in [1.165, 1.54) is 28.5 Å². The molecule has 6 heteroatoms. The Morgan fingerprint density at radius 1 is 0.946 bits per heavy atom. The molecule has 5 rings (SSSR count). The van der Waals surface area contributed by atoms with Gasteiger partial charge in [-0.3, -0.25) is 19.9 Å². The average Bonchev–Trinajstić information content (AvgIpc) is 3.44. The maximum Gasteiger partial charge on any atom is 0.257 e. The van der Waals surface area contributed by atoms with Crippen LogP contribution in [0.25, 0.3) is 15.8 Å². The van der Waals surface area contributed by atoms with Crippen LogP contribution in [-0.2, 0) is 24.3 Å². The lowest BCUT2D eigenvalue weighted by Crippen LogP contribution is -2.28. The molecule has 188 valence electrons. The number of thioether (sulfide) groups is 1. The Labute approximate surface area is 222 Å². The Hall–Kier alpha value is -3.45. The van der Waals surface area contributed by atoms with Gasteiger partial charge >= 0.3 is 0 Å². The van der Waals surface area contributed by atoms with Gasteiger partial charge in [-0.05, 0) is 66.3 Å². The lowest BCUT2D eigenvalue weighted by molar-refractivity contribution is -0.128. The molecule has 2 heterocycles. The van der Waals surface area contributed by atoms with Crippen LogP contribution in [0.15, 0.2) is 97.2 Å². The van der Waals surface area contributed by atoms with E-state index >= 15 is 0 Å². The van der Waals surface area contributed by atoms with Crippen molar-refractivity contribution < 1.29 is 10.0 Å². The number of nitrogens with zero attached hydrogens (tertiary/aromatic N) is 2. The lowest BCUT2D eigenvalue weighted by atomic mass is 10.1. The second-order valence-corrected chi connectivity index (χ2v) is 10.7. The van der Waals surface area contributed by atoms with Gasteiger partial charge in [0, 0.05) is 29.6 Å². The van der Waals surface area contributed by atoms with Crippen molar-refractivity contribution in [1.82, 2.24) is 15.4 Å². The average molecular weight is 510 g/mol. The molecular weight excluding hydrogens is 478 g/mol. The molecule has 0 bridgehead atoms. The summed E-state index contributed by atoms with van der Waals surface area (Å²) in [6, 6.07) is 29.7. The van der Waals surface area contributed by atoms with Gasteiger partial charge in [0.05, 0.1) is 10.8 Å². The third-order valence-electron chi connectivity index (χ3n) is 6.64. The Morgan fingerprint density at radius 2 is 1.73 bits per heavy atom. The first-order chi connectivity index (χ1) is 18.2. The van der Waals surface area contributed by atoms with E-state index in [-0.39, 0.29) is 11.2 Å². The fraction of sp³-hybridized carbons (Fsp3) is 0.226. The minimum Gasteiger partial charge on any atom is -0.295 e. The van der Waals surface area contributed by atoms with Crippen molar-refractivity contribution in [2.75, 3.05) is 6.54 Å². The summed E-state index contributed by atoms with van der Waals surface area (Å²) in [5.74, 6) is -0.346. The highest BCUT2D eigenvalue weighted by molar-refractivity contribution is 8.09. The summed E-state index contributed by atoms with van der Waals surface area (Å²) in [4.78, 5) is 20.1. The number of hydrogen-bond donors (Lipinski definition) is 2. The van der Waals surface area contributed by atoms with Gasteiger partial charge in [0.15, 0.2) is 0 Å². The van der Waals surface area contributed by atoms with Crippen molar-refractivity contribution in [3.05, 3.63) is 119 Å². The lowest BCUT2D eigenvalue weighted by Gasteiger charge is -2.23. The number of hydrogen-bond acceptors (Lipinski definition) is 5. The molecule has 1 amide bonds. The number of fused-ring (bicyclic) bond motifs is 1. The Balaban J connectivity index is 1.31. The molecule has 1 unspecified atom stereocenters. The standard InChI is InChI=1S/C31H31N3O2S/c35-31(33-36)30-16-15-29(37-30)27-13-6-10-24(18-27)21-34(17-7-11-23-8-2-1-3-9-23)22-25-19-26-12-4-5-14-28(26)32-20-25/h1-6,8-10,12-15,18-20,30,36H,7,11,16-17,21-22H2,(H,33,35). The molecule has 2 N–H and O–H groups in total. The summed E-state index contributed by atoms with van der Waals surface area (Å²) in [6.07, 6.45) is 6.82. The van der Waals surface area contributed by atoms with Crippen molar-refractivity contribution in [3.63, 3.8) is 0 Å². The second kappa shape index (κ2) is 12.2. The zero-order valence-electron chi connectivity index (χ0n) is 20.7. The van der Waals surface area contributed by atoms with Crippen LogP contribution in [-0.4, -0.2) is 32.8 Å². The van der Waals surface area contributed by atoms with E-state index in [1.54, 1.807) is 5.48 Å². The number of amides is 1. The highest BCUT2D eigenvalue weighted by atomic mass is 32.2. The summed E-state index contributed by atoms with van der Waals surface area (Å²) >= 11 is 1.51. The van der Waals surface area contributed by atoms with Crippen LogP contribution in [0.5, 0.6) is 0 Å². The van der Waals surface area contributed by atoms with Crippen LogP contribution in [0.1, 0.15) is 35.1 Å². The number of allylic oxidation sites excluding steroid dienone is 1. The quantitative estimate of drug-likeness (QED) is 0.196. The molecule has 0 radical (unpaired) electrons. The number of hydroxylamine groups is 1. The highest BCUT2D eigenvalue weighted by Crippen LogP contribution is 2.39. The number of carbonyl (C=O) groups is 1. The van der Waals surface area contributed by atoms with Crippen molar-refractivity contribution in [1.29, 1.82) is 0 Å². The van der Waals surface area contributed by atoms with E-state index in [9.17, 15) is 4.79 Å². The van der Waals surface area contributed by atoms with E-state index in [0.717, 1.165) is 53.8 Å².